The molecule has 0 radical (unpaired) electrons. The maximum Gasteiger partial charge on any atom is 0.0830 e. The summed E-state index contributed by atoms with van der Waals surface area (Å²) in [5, 5.41) is 10.0. The van der Waals surface area contributed by atoms with Crippen LogP contribution in [0.5, 0.6) is 0 Å². The molecule has 0 heterocycles. The molecular weight excluding hydrogens is 148 g/mol. The van der Waals surface area contributed by atoms with Crippen molar-refractivity contribution in [3.63, 3.8) is 0 Å². The van der Waals surface area contributed by atoms with Gasteiger partial charge in [0.15, 0.2) is 0 Å². The average molecular weight is 170 g/mol. The number of hydrogen-bond donors (Lipinski definition) is 1. The Labute approximate surface area is 76.5 Å². The van der Waals surface area contributed by atoms with Crippen molar-refractivity contribution in [3.05, 3.63) is 12.7 Å². The fraction of sp³-hybridized carbons (Fsp3) is 0.818. The van der Waals surface area contributed by atoms with E-state index in [0.717, 1.165) is 12.8 Å². The molecule has 0 bridgehead atoms. The molecule has 0 aromatic rings. The molecule has 1 N–H and O–H groups in total. The van der Waals surface area contributed by atoms with Crippen molar-refractivity contribution in [1.82, 2.24) is 0 Å². The smallest absolute Gasteiger partial charge is 0.0830 e. The van der Waals surface area contributed by atoms with Crippen molar-refractivity contribution in [1.29, 1.82) is 0 Å². The molecule has 1 heteroatoms. The Hall–Kier alpha value is -0.300. The Balaban J connectivity index is 4.14. The van der Waals surface area contributed by atoms with E-state index in [1.165, 1.54) is 0 Å². The van der Waals surface area contributed by atoms with E-state index in [4.69, 9.17) is 0 Å². The van der Waals surface area contributed by atoms with E-state index in [2.05, 4.69) is 34.3 Å². The largest absolute Gasteiger partial charge is 0.386 e. The summed E-state index contributed by atoms with van der Waals surface area (Å²) in [6.45, 7) is 12.2. The third-order valence-electron chi connectivity index (χ3n) is 1.90. The Morgan fingerprint density at radius 2 is 1.50 bits per heavy atom. The molecule has 0 saturated carbocycles. The van der Waals surface area contributed by atoms with Gasteiger partial charge in [0.1, 0.15) is 0 Å². The molecule has 0 aliphatic rings. The zero-order valence-electron chi connectivity index (χ0n) is 8.80. The van der Waals surface area contributed by atoms with Gasteiger partial charge < -0.3 is 5.11 Å². The minimum absolute atomic E-state index is 0.520. The van der Waals surface area contributed by atoms with Gasteiger partial charge in [0.2, 0.25) is 0 Å². The second-order valence-electron chi connectivity index (χ2n) is 4.50. The maximum absolute atomic E-state index is 10.0. The second-order valence-corrected chi connectivity index (χ2v) is 4.50. The van der Waals surface area contributed by atoms with Gasteiger partial charge >= 0.3 is 0 Å². The van der Waals surface area contributed by atoms with Gasteiger partial charge in [0.05, 0.1) is 5.60 Å². The van der Waals surface area contributed by atoms with E-state index in [0.29, 0.717) is 11.8 Å². The lowest BCUT2D eigenvalue weighted by atomic mass is 9.85. The SMILES string of the molecule is C=CC(O)(CC(C)C)CC(C)C. The molecule has 12 heavy (non-hydrogen) atoms. The van der Waals surface area contributed by atoms with Crippen molar-refractivity contribution in [2.75, 3.05) is 0 Å². The van der Waals surface area contributed by atoms with E-state index < -0.39 is 5.60 Å². The highest BCUT2D eigenvalue weighted by molar-refractivity contribution is 4.96. The number of aliphatic hydroxyl groups is 1. The fourth-order valence-electron chi connectivity index (χ4n) is 1.66. The van der Waals surface area contributed by atoms with Gasteiger partial charge in [-0.2, -0.15) is 0 Å². The predicted molar refractivity (Wildman–Crippen MR) is 54.1 cm³/mol. The molecule has 0 rings (SSSR count). The first kappa shape index (κ1) is 11.7. The molecule has 0 aromatic heterocycles. The first-order chi connectivity index (χ1) is 5.39. The fourth-order valence-corrected chi connectivity index (χ4v) is 1.66. The van der Waals surface area contributed by atoms with Gasteiger partial charge in [-0.3, -0.25) is 0 Å². The van der Waals surface area contributed by atoms with E-state index in [-0.39, 0.29) is 0 Å². The molecule has 0 saturated heterocycles. The van der Waals surface area contributed by atoms with Crippen LogP contribution < -0.4 is 0 Å². The van der Waals surface area contributed by atoms with E-state index in [9.17, 15) is 5.11 Å². The zero-order valence-corrected chi connectivity index (χ0v) is 8.80. The van der Waals surface area contributed by atoms with Crippen LogP contribution in [0.25, 0.3) is 0 Å². The minimum Gasteiger partial charge on any atom is -0.386 e. The summed E-state index contributed by atoms with van der Waals surface area (Å²) in [4.78, 5) is 0. The highest BCUT2D eigenvalue weighted by Gasteiger charge is 2.24. The summed E-state index contributed by atoms with van der Waals surface area (Å²) >= 11 is 0. The van der Waals surface area contributed by atoms with Gasteiger partial charge in [-0.15, -0.1) is 6.58 Å². The van der Waals surface area contributed by atoms with Gasteiger partial charge in [0, 0.05) is 0 Å². The number of hydrogen-bond acceptors (Lipinski definition) is 1. The lowest BCUT2D eigenvalue weighted by Gasteiger charge is -2.28. The van der Waals surface area contributed by atoms with E-state index in [1.807, 2.05) is 0 Å². The molecular formula is C11H22O. The Bertz CT molecular complexity index is 126. The Kier molecular flexibility index (Phi) is 4.54. The van der Waals surface area contributed by atoms with Crippen molar-refractivity contribution < 1.29 is 5.11 Å². The third kappa shape index (κ3) is 4.55. The van der Waals surface area contributed by atoms with Crippen molar-refractivity contribution >= 4 is 0 Å². The predicted octanol–water partition coefficient (Wildman–Crippen LogP) is 3.00. The molecule has 0 aromatic carbocycles. The quantitative estimate of drug-likeness (QED) is 0.629. The summed E-state index contributed by atoms with van der Waals surface area (Å²) in [6, 6.07) is 0. The highest BCUT2D eigenvalue weighted by Crippen LogP contribution is 2.25. The average Bonchev–Trinajstić information content (AvgIpc) is 1.83. The topological polar surface area (TPSA) is 20.2 Å². The molecule has 0 unspecified atom stereocenters. The maximum atomic E-state index is 10.0. The number of rotatable bonds is 5. The summed E-state index contributed by atoms with van der Waals surface area (Å²) in [5.74, 6) is 1.04. The molecule has 1 nitrogen and oxygen atoms in total. The highest BCUT2D eigenvalue weighted by atomic mass is 16.3. The van der Waals surface area contributed by atoms with Crippen LogP contribution in [0.2, 0.25) is 0 Å². The standard InChI is InChI=1S/C11H22O/c1-6-11(12,7-9(2)3)8-10(4)5/h6,9-10,12H,1,7-8H2,2-5H3. The van der Waals surface area contributed by atoms with E-state index in [1.54, 1.807) is 6.08 Å². The van der Waals surface area contributed by atoms with Crippen molar-refractivity contribution in [2.45, 2.75) is 46.1 Å². The lowest BCUT2D eigenvalue weighted by molar-refractivity contribution is 0.0475. The minimum atomic E-state index is -0.650. The Morgan fingerprint density at radius 3 is 1.67 bits per heavy atom. The van der Waals surface area contributed by atoms with E-state index >= 15 is 0 Å². The molecule has 72 valence electrons. The summed E-state index contributed by atoms with van der Waals surface area (Å²) in [7, 11) is 0. The normalized spacial score (nSPS) is 12.6. The molecule has 0 aliphatic heterocycles. The van der Waals surface area contributed by atoms with Gasteiger partial charge in [-0.05, 0) is 24.7 Å². The van der Waals surface area contributed by atoms with Gasteiger partial charge in [-0.25, -0.2) is 0 Å². The molecule has 0 aliphatic carbocycles. The van der Waals surface area contributed by atoms with Crippen molar-refractivity contribution in [2.24, 2.45) is 11.8 Å². The molecule has 0 spiro atoms. The van der Waals surface area contributed by atoms with Gasteiger partial charge in [-0.1, -0.05) is 33.8 Å². The lowest BCUT2D eigenvalue weighted by Crippen LogP contribution is -2.29. The van der Waals surface area contributed by atoms with Crippen LogP contribution in [0.4, 0.5) is 0 Å². The third-order valence-corrected chi connectivity index (χ3v) is 1.90. The monoisotopic (exact) mass is 170 g/mol. The summed E-state index contributed by atoms with van der Waals surface area (Å²) < 4.78 is 0. The van der Waals surface area contributed by atoms with Crippen LogP contribution in [0.15, 0.2) is 12.7 Å². The van der Waals surface area contributed by atoms with Crippen LogP contribution in [-0.2, 0) is 0 Å². The molecule has 0 fully saturated rings. The van der Waals surface area contributed by atoms with Crippen LogP contribution in [0.3, 0.4) is 0 Å². The molecule has 0 amide bonds. The van der Waals surface area contributed by atoms with Crippen LogP contribution in [-0.4, -0.2) is 10.7 Å². The van der Waals surface area contributed by atoms with Crippen LogP contribution in [0.1, 0.15) is 40.5 Å². The van der Waals surface area contributed by atoms with Gasteiger partial charge in [0.25, 0.3) is 0 Å². The Morgan fingerprint density at radius 1 is 1.17 bits per heavy atom. The molecule has 0 atom stereocenters. The first-order valence-electron chi connectivity index (χ1n) is 4.75. The van der Waals surface area contributed by atoms with Crippen LogP contribution in [0, 0.1) is 11.8 Å². The first-order valence-corrected chi connectivity index (χ1v) is 4.75. The second kappa shape index (κ2) is 4.66. The van der Waals surface area contributed by atoms with Crippen LogP contribution >= 0.6 is 0 Å². The van der Waals surface area contributed by atoms with Crippen molar-refractivity contribution in [3.8, 4) is 0 Å². The summed E-state index contributed by atoms with van der Waals surface area (Å²) in [5.41, 5.74) is -0.650. The summed E-state index contributed by atoms with van der Waals surface area (Å²) in [6.07, 6.45) is 3.32. The zero-order chi connectivity index (χ0) is 9.78.